The Bertz CT molecular complexity index is 613. The van der Waals surface area contributed by atoms with Gasteiger partial charge in [0.05, 0.1) is 11.5 Å². The van der Waals surface area contributed by atoms with Crippen molar-refractivity contribution in [2.24, 2.45) is 11.3 Å². The monoisotopic (exact) mass is 315 g/mol. The number of nitrogens with one attached hydrogen (secondary N) is 1. The number of Topliss-reactive ketones (excluding diaryl/α,β-unsaturated/α-hetero) is 3. The summed E-state index contributed by atoms with van der Waals surface area (Å²) in [4.78, 5) is 35.4. The van der Waals surface area contributed by atoms with E-state index in [2.05, 4.69) is 5.32 Å². The Kier molecular flexibility index (Phi) is 6.43. The summed E-state index contributed by atoms with van der Waals surface area (Å²) in [6, 6.07) is 0. The lowest BCUT2D eigenvalue weighted by Crippen LogP contribution is -2.20. The first-order chi connectivity index (χ1) is 10.6. The third-order valence-corrected chi connectivity index (χ3v) is 3.30. The van der Waals surface area contributed by atoms with Crippen LogP contribution in [0, 0.1) is 11.3 Å². The highest BCUT2D eigenvalue weighted by molar-refractivity contribution is 6.19. The van der Waals surface area contributed by atoms with Crippen LogP contribution in [-0.2, 0) is 14.4 Å². The zero-order chi connectivity index (χ0) is 17.6. The van der Waals surface area contributed by atoms with Crippen molar-refractivity contribution in [1.82, 2.24) is 5.32 Å². The smallest absolute Gasteiger partial charge is 0.168 e. The summed E-state index contributed by atoms with van der Waals surface area (Å²) in [6.07, 6.45) is 10.7. The van der Waals surface area contributed by atoms with Crippen molar-refractivity contribution in [3.8, 4) is 0 Å². The van der Waals surface area contributed by atoms with Crippen LogP contribution in [0.4, 0.5) is 0 Å². The lowest BCUT2D eigenvalue weighted by Gasteiger charge is -2.17. The molecular formula is C19H25NO3. The summed E-state index contributed by atoms with van der Waals surface area (Å²) < 4.78 is 0. The van der Waals surface area contributed by atoms with Crippen molar-refractivity contribution >= 4 is 17.3 Å². The maximum atomic E-state index is 12.3. The first-order valence-corrected chi connectivity index (χ1v) is 7.68. The second kappa shape index (κ2) is 7.86. The molecule has 0 fully saturated rings. The molecule has 0 bridgehead atoms. The predicted octanol–water partition coefficient (Wildman–Crippen LogP) is 3.27. The van der Waals surface area contributed by atoms with Crippen molar-refractivity contribution in [3.63, 3.8) is 0 Å². The molecule has 0 aromatic heterocycles. The van der Waals surface area contributed by atoms with Crippen molar-refractivity contribution < 1.29 is 14.4 Å². The maximum Gasteiger partial charge on any atom is 0.168 e. The Hall–Kier alpha value is -2.23. The highest BCUT2D eigenvalue weighted by Gasteiger charge is 2.21. The maximum absolute atomic E-state index is 12.3. The van der Waals surface area contributed by atoms with Gasteiger partial charge in [-0.15, -0.1) is 0 Å². The molecule has 124 valence electrons. The van der Waals surface area contributed by atoms with Crippen molar-refractivity contribution in [2.75, 3.05) is 0 Å². The molecule has 0 saturated carbocycles. The molecule has 1 N–H and O–H groups in total. The highest BCUT2D eigenvalue weighted by Crippen LogP contribution is 2.21. The minimum Gasteiger partial charge on any atom is -0.361 e. The standard InChI is InChI=1S/C19H25NO3/c1-13(21)15-7-6-8-16(10-9-15)20-12-17(14(2)22)18(23)11-19(3,4)5/h6-10,12,15,20H,11H2,1-5H3/b17-12-. The topological polar surface area (TPSA) is 63.2 Å². The molecule has 0 radical (unpaired) electrons. The Morgan fingerprint density at radius 2 is 1.83 bits per heavy atom. The fraction of sp³-hybridized carbons (Fsp3) is 0.421. The Morgan fingerprint density at radius 1 is 1.17 bits per heavy atom. The number of hydrogen-bond donors (Lipinski definition) is 1. The number of rotatable bonds is 6. The van der Waals surface area contributed by atoms with Gasteiger partial charge in [0, 0.05) is 18.3 Å². The van der Waals surface area contributed by atoms with Crippen LogP contribution < -0.4 is 5.32 Å². The summed E-state index contributed by atoms with van der Waals surface area (Å²) >= 11 is 0. The second-order valence-electron chi connectivity index (χ2n) is 6.92. The Balaban J connectivity index is 2.87. The van der Waals surface area contributed by atoms with Crippen LogP contribution in [0.5, 0.6) is 0 Å². The summed E-state index contributed by atoms with van der Waals surface area (Å²) in [5, 5.41) is 2.98. The lowest BCUT2D eigenvalue weighted by atomic mass is 9.87. The van der Waals surface area contributed by atoms with E-state index in [-0.39, 0.29) is 34.3 Å². The second-order valence-corrected chi connectivity index (χ2v) is 6.92. The van der Waals surface area contributed by atoms with Crippen LogP contribution in [0.1, 0.15) is 41.0 Å². The van der Waals surface area contributed by atoms with E-state index in [4.69, 9.17) is 0 Å². The quantitative estimate of drug-likeness (QED) is 0.464. The van der Waals surface area contributed by atoms with Crippen LogP contribution >= 0.6 is 0 Å². The van der Waals surface area contributed by atoms with E-state index in [1.807, 2.05) is 20.8 Å². The van der Waals surface area contributed by atoms with Gasteiger partial charge in [-0.1, -0.05) is 39.0 Å². The number of carbonyl (C=O) groups is 3. The summed E-state index contributed by atoms with van der Waals surface area (Å²) in [7, 11) is 0. The molecule has 1 unspecified atom stereocenters. The first-order valence-electron chi connectivity index (χ1n) is 7.68. The minimum absolute atomic E-state index is 0.0625. The van der Waals surface area contributed by atoms with E-state index in [1.54, 1.807) is 30.4 Å². The molecule has 23 heavy (non-hydrogen) atoms. The molecular weight excluding hydrogens is 290 g/mol. The van der Waals surface area contributed by atoms with Gasteiger partial charge in [0.15, 0.2) is 11.6 Å². The number of carbonyl (C=O) groups excluding carboxylic acids is 3. The third-order valence-electron chi connectivity index (χ3n) is 3.30. The number of ketones is 3. The molecule has 0 aliphatic heterocycles. The molecule has 0 heterocycles. The molecule has 1 rings (SSSR count). The highest BCUT2D eigenvalue weighted by atomic mass is 16.1. The fourth-order valence-electron chi connectivity index (χ4n) is 2.08. The number of allylic oxidation sites excluding steroid dienone is 6. The predicted molar refractivity (Wildman–Crippen MR) is 91.5 cm³/mol. The van der Waals surface area contributed by atoms with E-state index in [0.717, 1.165) is 0 Å². The van der Waals surface area contributed by atoms with Gasteiger partial charge in [-0.05, 0) is 31.4 Å². The molecule has 1 aliphatic rings. The van der Waals surface area contributed by atoms with Gasteiger partial charge in [0.2, 0.25) is 0 Å². The van der Waals surface area contributed by atoms with Gasteiger partial charge < -0.3 is 5.32 Å². The number of hydrogen-bond acceptors (Lipinski definition) is 4. The van der Waals surface area contributed by atoms with Gasteiger partial charge in [-0.25, -0.2) is 0 Å². The molecule has 4 heteroatoms. The molecule has 0 amide bonds. The molecule has 0 saturated heterocycles. The average molecular weight is 315 g/mol. The van der Waals surface area contributed by atoms with Gasteiger partial charge in [0.25, 0.3) is 0 Å². The molecule has 0 aromatic carbocycles. The van der Waals surface area contributed by atoms with E-state index in [9.17, 15) is 14.4 Å². The van der Waals surface area contributed by atoms with Crippen LogP contribution in [0.15, 0.2) is 47.9 Å². The van der Waals surface area contributed by atoms with Crippen LogP contribution in [0.25, 0.3) is 0 Å². The first kappa shape index (κ1) is 18.8. The SMILES string of the molecule is CC(=O)/C(=C/NC1=CC=CC(C(C)=O)C=C1)C(=O)CC(C)(C)C. The van der Waals surface area contributed by atoms with Crippen molar-refractivity contribution in [1.29, 1.82) is 0 Å². The largest absolute Gasteiger partial charge is 0.361 e. The normalized spacial score (nSPS) is 18.2. The van der Waals surface area contributed by atoms with E-state index in [0.29, 0.717) is 12.1 Å². The summed E-state index contributed by atoms with van der Waals surface area (Å²) in [5.74, 6) is -0.619. The summed E-state index contributed by atoms with van der Waals surface area (Å²) in [6.45, 7) is 8.80. The zero-order valence-electron chi connectivity index (χ0n) is 14.5. The summed E-state index contributed by atoms with van der Waals surface area (Å²) in [5.41, 5.74) is 0.697. The molecule has 0 aromatic rings. The fourth-order valence-corrected chi connectivity index (χ4v) is 2.08. The third kappa shape index (κ3) is 6.59. The van der Waals surface area contributed by atoms with Crippen LogP contribution in [-0.4, -0.2) is 17.3 Å². The van der Waals surface area contributed by atoms with Gasteiger partial charge >= 0.3 is 0 Å². The zero-order valence-corrected chi connectivity index (χ0v) is 14.5. The lowest BCUT2D eigenvalue weighted by molar-refractivity contribution is -0.121. The molecule has 1 atom stereocenters. The molecule has 4 nitrogen and oxygen atoms in total. The van der Waals surface area contributed by atoms with Gasteiger partial charge in [-0.2, -0.15) is 0 Å². The molecule has 0 spiro atoms. The van der Waals surface area contributed by atoms with Gasteiger partial charge in [-0.3, -0.25) is 14.4 Å². The van der Waals surface area contributed by atoms with E-state index < -0.39 is 0 Å². The van der Waals surface area contributed by atoms with Crippen LogP contribution in [0.3, 0.4) is 0 Å². The van der Waals surface area contributed by atoms with E-state index >= 15 is 0 Å². The van der Waals surface area contributed by atoms with Crippen LogP contribution in [0.2, 0.25) is 0 Å². The van der Waals surface area contributed by atoms with E-state index in [1.165, 1.54) is 20.0 Å². The Morgan fingerprint density at radius 3 is 2.35 bits per heavy atom. The van der Waals surface area contributed by atoms with Crippen molar-refractivity contribution in [3.05, 3.63) is 47.9 Å². The van der Waals surface area contributed by atoms with Gasteiger partial charge in [0.1, 0.15) is 5.78 Å². The minimum atomic E-state index is -0.262. The average Bonchev–Trinajstić information content (AvgIpc) is 2.62. The molecule has 1 aliphatic carbocycles. The van der Waals surface area contributed by atoms with Crippen molar-refractivity contribution in [2.45, 2.75) is 41.0 Å². The Labute approximate surface area is 138 Å².